The fourth-order valence-electron chi connectivity index (χ4n) is 6.65. The number of aromatic nitrogens is 4. The first-order valence-electron chi connectivity index (χ1n) is 18.0. The van der Waals surface area contributed by atoms with Gasteiger partial charge in [-0.3, -0.25) is 0 Å². The molecule has 51 heavy (non-hydrogen) atoms. The number of nitrogen functional groups attached to an aromatic ring is 2. The van der Waals surface area contributed by atoms with Crippen LogP contribution in [0.25, 0.3) is 32.9 Å². The topological polar surface area (TPSA) is 165 Å². The van der Waals surface area contributed by atoms with Gasteiger partial charge in [-0.05, 0) is 23.8 Å². The van der Waals surface area contributed by atoms with Crippen LogP contribution in [0.5, 0.6) is 0 Å². The summed E-state index contributed by atoms with van der Waals surface area (Å²) in [6.45, 7) is 6.97. The number of hydrogen-bond donors (Lipinski definition) is 4. The third-order valence-electron chi connectivity index (χ3n) is 9.50. The van der Waals surface area contributed by atoms with E-state index >= 15 is 0 Å². The van der Waals surface area contributed by atoms with Crippen LogP contribution in [0.2, 0.25) is 13.3 Å². The number of nitrogens with two attached hydrogens (primary N) is 2. The van der Waals surface area contributed by atoms with Crippen LogP contribution in [0.3, 0.4) is 0 Å². The van der Waals surface area contributed by atoms with Gasteiger partial charge in [-0.2, -0.15) is 4.98 Å². The Morgan fingerprint density at radius 2 is 1.18 bits per heavy atom. The number of nitrogens with one attached hydrogen (secondary N) is 2. The largest absolute Gasteiger partial charge is 0.372 e. The average Bonchev–Trinajstić information content (AvgIpc) is 3.13. The van der Waals surface area contributed by atoms with E-state index in [2.05, 4.69) is 69.5 Å². The first-order valence-corrected chi connectivity index (χ1v) is 26.9. The predicted molar refractivity (Wildman–Crippen MR) is 218 cm³/mol. The quantitative estimate of drug-likeness (QED) is 0.0779. The number of sulfonamides is 1. The number of nitrogens with zero attached hydrogens (tertiary/aromatic N) is 5. The fraction of sp³-hybridized carbons (Fsp3) is 0.421. The van der Waals surface area contributed by atoms with Crippen LogP contribution in [-0.4, -0.2) is 79.2 Å². The molecule has 13 heteroatoms. The molecular formula is C38H55N9O2SSn. The third-order valence-corrected chi connectivity index (χ3v) is 27.0. The fourth-order valence-corrected chi connectivity index (χ4v) is 23.7. The molecule has 0 atom stereocenters. The van der Waals surface area contributed by atoms with Crippen LogP contribution < -0.4 is 25.7 Å². The molecule has 3 aromatic carbocycles. The van der Waals surface area contributed by atoms with Crippen molar-refractivity contribution in [1.29, 1.82) is 0 Å². The number of unbranched alkanes of at least 4 members (excludes halogenated alkanes) is 3. The van der Waals surface area contributed by atoms with Crippen molar-refractivity contribution in [2.75, 3.05) is 50.3 Å². The van der Waals surface area contributed by atoms with Gasteiger partial charge in [-0.25, -0.2) is 17.7 Å². The molecule has 6 N–H and O–H groups in total. The standard InChI is InChI=1S/C17H19N5O2S.C9H9N4.3C4H9.Sn/c1-19-16-13-9-8-11(10-14(13)20-17(18)21-16)12-6-4-5-7-15(12)25(23,24)22(2)3;1-11-8-6-4-2-3-5-7(6)12-9(10)13-8;3*1-3-4-2;/h4-10H,1-3H3,(H3,18,19,20,21);2,4-5H,1H3,(H3,10,11,12,13);3*1,3-4H2,2H3;. The Morgan fingerprint density at radius 1 is 0.686 bits per heavy atom. The van der Waals surface area contributed by atoms with E-state index in [-0.39, 0.29) is 10.8 Å². The molecule has 0 spiro atoms. The van der Waals surface area contributed by atoms with E-state index in [1.807, 2.05) is 31.3 Å². The van der Waals surface area contributed by atoms with E-state index in [4.69, 9.17) is 11.5 Å². The molecule has 5 rings (SSSR count). The molecule has 0 saturated carbocycles. The van der Waals surface area contributed by atoms with Crippen LogP contribution in [0.4, 0.5) is 23.5 Å². The van der Waals surface area contributed by atoms with Gasteiger partial charge in [0.1, 0.15) is 5.82 Å². The number of hydrogen-bond acceptors (Lipinski definition) is 10. The van der Waals surface area contributed by atoms with Crippen molar-refractivity contribution in [3.63, 3.8) is 0 Å². The van der Waals surface area contributed by atoms with Crippen molar-refractivity contribution in [2.24, 2.45) is 0 Å². The zero-order valence-corrected chi connectivity index (χ0v) is 34.9. The van der Waals surface area contributed by atoms with Crippen molar-refractivity contribution >= 4 is 77.3 Å². The van der Waals surface area contributed by atoms with Crippen molar-refractivity contribution in [2.45, 2.75) is 77.5 Å². The average molecular weight is 821 g/mol. The van der Waals surface area contributed by atoms with Crippen LogP contribution in [0.1, 0.15) is 59.3 Å². The molecule has 0 radical (unpaired) electrons. The van der Waals surface area contributed by atoms with Gasteiger partial charge in [0.05, 0.1) is 10.4 Å². The molecule has 0 bridgehead atoms. The van der Waals surface area contributed by atoms with E-state index in [1.165, 1.54) is 70.2 Å². The summed E-state index contributed by atoms with van der Waals surface area (Å²) in [6, 6.07) is 19.4. The maximum atomic E-state index is 12.6. The van der Waals surface area contributed by atoms with Gasteiger partial charge in [0.15, 0.2) is 0 Å². The predicted octanol–water partition coefficient (Wildman–Crippen LogP) is 7.48. The summed E-state index contributed by atoms with van der Waals surface area (Å²) >= 11 is -2.43. The first kappa shape index (κ1) is 40.0. The maximum Gasteiger partial charge on any atom is 0.243 e. The Morgan fingerprint density at radius 3 is 1.67 bits per heavy atom. The smallest absolute Gasteiger partial charge is 0.243 e. The Labute approximate surface area is 308 Å². The molecule has 0 aliphatic heterocycles. The summed E-state index contributed by atoms with van der Waals surface area (Å²) in [7, 11) is 3.11. The minimum Gasteiger partial charge on any atom is -0.372 e. The summed E-state index contributed by atoms with van der Waals surface area (Å²) in [5.74, 6) is 1.97. The molecule has 0 unspecified atom stereocenters. The van der Waals surface area contributed by atoms with Crippen molar-refractivity contribution in [1.82, 2.24) is 24.2 Å². The Balaban J connectivity index is 0.000000229. The second-order valence-electron chi connectivity index (χ2n) is 13.2. The van der Waals surface area contributed by atoms with Crippen LogP contribution >= 0.6 is 0 Å². The van der Waals surface area contributed by atoms with Crippen LogP contribution in [0.15, 0.2) is 65.6 Å². The number of fused-ring (bicyclic) bond motifs is 2. The number of anilines is 4. The monoisotopic (exact) mass is 821 g/mol. The van der Waals surface area contributed by atoms with Gasteiger partial charge in [0, 0.05) is 32.1 Å². The maximum absolute atomic E-state index is 12.6. The van der Waals surface area contributed by atoms with Gasteiger partial charge in [-0.15, -0.1) is 0 Å². The molecule has 0 amide bonds. The van der Waals surface area contributed by atoms with E-state index in [9.17, 15) is 8.42 Å². The van der Waals surface area contributed by atoms with E-state index < -0.39 is 28.4 Å². The van der Waals surface area contributed by atoms with Gasteiger partial charge >= 0.3 is 163 Å². The molecule has 2 aromatic heterocycles. The van der Waals surface area contributed by atoms with Crippen molar-refractivity contribution in [3.05, 3.63) is 60.7 Å². The Bertz CT molecular complexity index is 2020. The second kappa shape index (κ2) is 18.1. The second-order valence-corrected chi connectivity index (χ2v) is 28.6. The molecule has 2 heterocycles. The molecule has 0 saturated heterocycles. The third kappa shape index (κ3) is 9.38. The van der Waals surface area contributed by atoms with Gasteiger partial charge in [-0.1, -0.05) is 24.3 Å². The molecule has 274 valence electrons. The molecular weight excluding hydrogens is 765 g/mol. The number of benzene rings is 3. The molecule has 0 aliphatic rings. The van der Waals surface area contributed by atoms with E-state index in [0.717, 1.165) is 27.7 Å². The van der Waals surface area contributed by atoms with Gasteiger partial charge < -0.3 is 11.1 Å². The Kier molecular flexibility index (Phi) is 14.2. The van der Waals surface area contributed by atoms with E-state index in [0.29, 0.717) is 22.8 Å². The summed E-state index contributed by atoms with van der Waals surface area (Å²) in [4.78, 5) is 17.6. The molecule has 5 aromatic rings. The van der Waals surface area contributed by atoms with Crippen molar-refractivity contribution < 1.29 is 8.42 Å². The minimum atomic E-state index is -3.57. The first-order chi connectivity index (χ1) is 24.4. The SMILES string of the molecule is CCC[CH2][Sn]([CH2]CCC)([CH2]CCC)[c]1ccc2c(NC)nc(N)nc2c1.CNc1nc(N)nc2cc(-c3ccccc3S(=O)(=O)N(C)C)ccc12. The normalized spacial score (nSPS) is 11.8. The molecule has 0 aliphatic carbocycles. The minimum absolute atomic E-state index is 0.156. The van der Waals surface area contributed by atoms with E-state index in [1.54, 1.807) is 28.8 Å². The molecule has 0 fully saturated rings. The summed E-state index contributed by atoms with van der Waals surface area (Å²) in [6.07, 6.45) is 8.00. The zero-order valence-electron chi connectivity index (χ0n) is 31.3. The Hall–Kier alpha value is -3.75. The molecule has 11 nitrogen and oxygen atoms in total. The van der Waals surface area contributed by atoms with Crippen molar-refractivity contribution in [3.8, 4) is 11.1 Å². The summed E-state index contributed by atoms with van der Waals surface area (Å²) in [5, 5.41) is 8.03. The van der Waals surface area contributed by atoms with Crippen LogP contribution in [0, 0.1) is 0 Å². The zero-order chi connectivity index (χ0) is 37.2. The number of rotatable bonds is 15. The summed E-state index contributed by atoms with van der Waals surface area (Å²) < 4.78 is 32.5. The van der Waals surface area contributed by atoms with Gasteiger partial charge in [0.2, 0.25) is 16.0 Å². The summed E-state index contributed by atoms with van der Waals surface area (Å²) in [5.41, 5.74) is 14.7. The van der Waals surface area contributed by atoms with Gasteiger partial charge in [0.25, 0.3) is 0 Å². The van der Waals surface area contributed by atoms with Crippen LogP contribution in [-0.2, 0) is 10.0 Å².